The van der Waals surface area contributed by atoms with E-state index in [9.17, 15) is 14.4 Å². The van der Waals surface area contributed by atoms with E-state index in [2.05, 4.69) is 10.6 Å². The second-order valence-electron chi connectivity index (χ2n) is 6.64. The van der Waals surface area contributed by atoms with E-state index in [0.717, 1.165) is 18.4 Å². The van der Waals surface area contributed by atoms with Crippen LogP contribution in [0.2, 0.25) is 0 Å². The van der Waals surface area contributed by atoms with E-state index < -0.39 is 6.09 Å². The summed E-state index contributed by atoms with van der Waals surface area (Å²) in [5.74, 6) is -0.0956. The molecule has 7 heteroatoms. The summed E-state index contributed by atoms with van der Waals surface area (Å²) in [6.45, 7) is 1.29. The highest BCUT2D eigenvalue weighted by molar-refractivity contribution is 5.95. The van der Waals surface area contributed by atoms with Crippen molar-refractivity contribution in [1.82, 2.24) is 10.2 Å². The molecule has 1 aliphatic rings. The Balaban J connectivity index is 1.50. The van der Waals surface area contributed by atoms with Gasteiger partial charge in [0.2, 0.25) is 6.41 Å². The molecule has 1 fully saturated rings. The van der Waals surface area contributed by atoms with Crippen molar-refractivity contribution in [3.63, 3.8) is 0 Å². The van der Waals surface area contributed by atoms with Crippen LogP contribution in [0.1, 0.15) is 28.8 Å². The third kappa shape index (κ3) is 5.33. The number of nitrogens with zero attached hydrogens (tertiary/aromatic N) is 1. The molecule has 3 amide bonds. The molecule has 1 unspecified atom stereocenters. The normalized spacial score (nSPS) is 16.1. The first-order chi connectivity index (χ1) is 13.7. The third-order valence-corrected chi connectivity index (χ3v) is 4.60. The highest BCUT2D eigenvalue weighted by Gasteiger charge is 2.25. The zero-order chi connectivity index (χ0) is 19.8. The van der Waals surface area contributed by atoms with Gasteiger partial charge in [-0.05, 0) is 42.7 Å². The van der Waals surface area contributed by atoms with Gasteiger partial charge in [-0.3, -0.25) is 9.59 Å². The summed E-state index contributed by atoms with van der Waals surface area (Å²) in [5.41, 5.74) is 2.10. The molecule has 0 spiro atoms. The van der Waals surface area contributed by atoms with Gasteiger partial charge in [0.25, 0.3) is 5.91 Å². The summed E-state index contributed by atoms with van der Waals surface area (Å²) in [5, 5.41) is 5.39. The van der Waals surface area contributed by atoms with Gasteiger partial charge in [-0.25, -0.2) is 4.79 Å². The lowest BCUT2D eigenvalue weighted by Crippen LogP contribution is -2.49. The Hall–Kier alpha value is -3.35. The average Bonchev–Trinajstić information content (AvgIpc) is 2.73. The predicted molar refractivity (Wildman–Crippen MR) is 105 cm³/mol. The Labute approximate surface area is 163 Å². The van der Waals surface area contributed by atoms with Crippen LogP contribution >= 0.6 is 0 Å². The monoisotopic (exact) mass is 381 g/mol. The van der Waals surface area contributed by atoms with Crippen molar-refractivity contribution < 1.29 is 19.1 Å². The van der Waals surface area contributed by atoms with Crippen molar-refractivity contribution >= 4 is 24.1 Å². The van der Waals surface area contributed by atoms with Crippen LogP contribution in [0.5, 0.6) is 0 Å². The summed E-state index contributed by atoms with van der Waals surface area (Å²) in [6.07, 6.45) is 1.72. The smallest absolute Gasteiger partial charge is 0.407 e. The van der Waals surface area contributed by atoms with E-state index >= 15 is 0 Å². The average molecular weight is 381 g/mol. The number of ether oxygens (including phenoxy) is 1. The van der Waals surface area contributed by atoms with Crippen LogP contribution in [-0.2, 0) is 16.1 Å². The summed E-state index contributed by atoms with van der Waals surface area (Å²) in [7, 11) is 0. The Bertz CT molecular complexity index is 808. The Morgan fingerprint density at radius 2 is 1.86 bits per heavy atom. The number of carbonyl (C=O) groups excluding carboxylic acids is 3. The summed E-state index contributed by atoms with van der Waals surface area (Å²) < 4.78 is 5.26. The number of hydrogen-bond donors (Lipinski definition) is 2. The fourth-order valence-electron chi connectivity index (χ4n) is 3.17. The van der Waals surface area contributed by atoms with Gasteiger partial charge in [-0.15, -0.1) is 0 Å². The van der Waals surface area contributed by atoms with Crippen molar-refractivity contribution in [2.45, 2.75) is 25.5 Å². The molecule has 28 heavy (non-hydrogen) atoms. The predicted octanol–water partition coefficient (Wildman–Crippen LogP) is 2.79. The number of benzene rings is 2. The summed E-state index contributed by atoms with van der Waals surface area (Å²) in [4.78, 5) is 37.0. The van der Waals surface area contributed by atoms with E-state index in [1.807, 2.05) is 30.3 Å². The molecule has 2 aromatic carbocycles. The van der Waals surface area contributed by atoms with Crippen molar-refractivity contribution in [2.75, 3.05) is 18.4 Å². The number of alkyl carbamates (subject to hydrolysis) is 1. The molecule has 0 bridgehead atoms. The summed E-state index contributed by atoms with van der Waals surface area (Å²) in [6, 6.07) is 16.1. The molecule has 146 valence electrons. The number of carbonyl (C=O) groups is 3. The fraction of sp³-hybridized carbons (Fsp3) is 0.286. The van der Waals surface area contributed by atoms with Crippen LogP contribution < -0.4 is 10.6 Å². The van der Waals surface area contributed by atoms with Gasteiger partial charge in [0.15, 0.2) is 0 Å². The van der Waals surface area contributed by atoms with Crippen molar-refractivity contribution in [3.05, 3.63) is 65.7 Å². The molecule has 0 radical (unpaired) electrons. The molecule has 1 aliphatic heterocycles. The van der Waals surface area contributed by atoms with E-state index in [-0.39, 0.29) is 18.6 Å². The number of nitrogens with one attached hydrogen (secondary N) is 2. The quantitative estimate of drug-likeness (QED) is 0.753. The lowest BCUT2D eigenvalue weighted by Gasteiger charge is -2.33. The number of anilines is 1. The Morgan fingerprint density at radius 1 is 1.11 bits per heavy atom. The first-order valence-corrected chi connectivity index (χ1v) is 9.22. The van der Waals surface area contributed by atoms with Crippen molar-refractivity contribution in [3.8, 4) is 0 Å². The minimum Gasteiger partial charge on any atom is -0.445 e. The van der Waals surface area contributed by atoms with Gasteiger partial charge < -0.3 is 20.3 Å². The first kappa shape index (κ1) is 19.4. The Morgan fingerprint density at radius 3 is 2.57 bits per heavy atom. The lowest BCUT2D eigenvalue weighted by atomic mass is 10.0. The van der Waals surface area contributed by atoms with Crippen molar-refractivity contribution in [1.29, 1.82) is 0 Å². The second-order valence-corrected chi connectivity index (χ2v) is 6.64. The van der Waals surface area contributed by atoms with Gasteiger partial charge in [0, 0.05) is 30.4 Å². The van der Waals surface area contributed by atoms with Crippen LogP contribution in [0.3, 0.4) is 0 Å². The molecule has 2 aromatic rings. The molecule has 0 saturated carbocycles. The van der Waals surface area contributed by atoms with E-state index in [0.29, 0.717) is 30.8 Å². The largest absolute Gasteiger partial charge is 0.445 e. The standard InChI is InChI=1S/C21H23N3O4/c25-15-22-18-10-8-17(9-11-18)20(26)24-12-4-7-19(13-24)23-21(27)28-14-16-5-2-1-3-6-16/h1-3,5-6,8-11,15,19H,4,7,12-14H2,(H,22,25)(H,23,27). The molecule has 1 saturated heterocycles. The topological polar surface area (TPSA) is 87.7 Å². The van der Waals surface area contributed by atoms with Gasteiger partial charge in [-0.2, -0.15) is 0 Å². The van der Waals surface area contributed by atoms with Crippen LogP contribution in [-0.4, -0.2) is 42.4 Å². The highest BCUT2D eigenvalue weighted by atomic mass is 16.5. The molecule has 0 aromatic heterocycles. The lowest BCUT2D eigenvalue weighted by molar-refractivity contribution is -0.105. The van der Waals surface area contributed by atoms with Crippen LogP contribution in [0, 0.1) is 0 Å². The zero-order valence-electron chi connectivity index (χ0n) is 15.5. The van der Waals surface area contributed by atoms with E-state index in [1.54, 1.807) is 29.2 Å². The van der Waals surface area contributed by atoms with Crippen LogP contribution in [0.15, 0.2) is 54.6 Å². The van der Waals surface area contributed by atoms with E-state index in [4.69, 9.17) is 4.74 Å². The molecule has 3 rings (SSSR count). The molecule has 1 atom stereocenters. The zero-order valence-corrected chi connectivity index (χ0v) is 15.5. The number of likely N-dealkylation sites (tertiary alicyclic amines) is 1. The molecule has 0 aliphatic carbocycles. The number of amides is 3. The minimum atomic E-state index is -0.479. The van der Waals surface area contributed by atoms with Crippen LogP contribution in [0.4, 0.5) is 10.5 Å². The molecule has 1 heterocycles. The molecular formula is C21H23N3O4. The van der Waals surface area contributed by atoms with E-state index in [1.165, 1.54) is 0 Å². The van der Waals surface area contributed by atoms with Gasteiger partial charge in [0.05, 0.1) is 0 Å². The number of rotatable bonds is 6. The Kier molecular flexibility index (Phi) is 6.62. The summed E-state index contributed by atoms with van der Waals surface area (Å²) >= 11 is 0. The number of hydrogen-bond acceptors (Lipinski definition) is 4. The maximum atomic E-state index is 12.7. The van der Waals surface area contributed by atoms with Gasteiger partial charge in [0.1, 0.15) is 6.61 Å². The number of piperidine rings is 1. The highest BCUT2D eigenvalue weighted by Crippen LogP contribution is 2.16. The molecule has 2 N–H and O–H groups in total. The molecular weight excluding hydrogens is 358 g/mol. The van der Waals surface area contributed by atoms with Gasteiger partial charge in [-0.1, -0.05) is 30.3 Å². The third-order valence-electron chi connectivity index (χ3n) is 4.60. The maximum Gasteiger partial charge on any atom is 0.407 e. The van der Waals surface area contributed by atoms with Crippen molar-refractivity contribution in [2.24, 2.45) is 0 Å². The van der Waals surface area contributed by atoms with Crippen LogP contribution in [0.25, 0.3) is 0 Å². The second kappa shape index (κ2) is 9.55. The first-order valence-electron chi connectivity index (χ1n) is 9.22. The minimum absolute atomic E-state index is 0.0956. The molecule has 7 nitrogen and oxygen atoms in total. The SMILES string of the molecule is O=CNc1ccc(C(=O)N2CCCC(NC(=O)OCc3ccccc3)C2)cc1. The fourth-order valence-corrected chi connectivity index (χ4v) is 3.17. The van der Waals surface area contributed by atoms with Gasteiger partial charge >= 0.3 is 6.09 Å². The maximum absolute atomic E-state index is 12.7.